The van der Waals surface area contributed by atoms with Gasteiger partial charge in [0.15, 0.2) is 0 Å². The van der Waals surface area contributed by atoms with Crippen LogP contribution in [0.3, 0.4) is 0 Å². The van der Waals surface area contributed by atoms with Crippen molar-refractivity contribution in [1.29, 1.82) is 0 Å². The summed E-state index contributed by atoms with van der Waals surface area (Å²) in [6.45, 7) is 4.22. The average molecular weight is 316 g/mol. The Kier molecular flexibility index (Phi) is 4.50. The summed E-state index contributed by atoms with van der Waals surface area (Å²) in [5.74, 6) is -0.0455. The lowest BCUT2D eigenvalue weighted by Gasteiger charge is -2.41. The van der Waals surface area contributed by atoms with Crippen molar-refractivity contribution >= 4 is 11.9 Å². The maximum atomic E-state index is 12.7. The molecular weight excluding hydrogens is 292 g/mol. The van der Waals surface area contributed by atoms with Crippen molar-refractivity contribution in [3.63, 3.8) is 0 Å². The Morgan fingerprint density at radius 3 is 2.83 bits per heavy atom. The van der Waals surface area contributed by atoms with Gasteiger partial charge in [-0.1, -0.05) is 12.5 Å². The molecule has 1 unspecified atom stereocenters. The van der Waals surface area contributed by atoms with Gasteiger partial charge in [-0.15, -0.1) is 0 Å². The van der Waals surface area contributed by atoms with Crippen molar-refractivity contribution in [2.24, 2.45) is 11.3 Å². The van der Waals surface area contributed by atoms with Crippen LogP contribution in [0.15, 0.2) is 24.5 Å². The third-order valence-electron chi connectivity index (χ3n) is 5.12. The Morgan fingerprint density at radius 2 is 2.22 bits per heavy atom. The summed E-state index contributed by atoms with van der Waals surface area (Å²) in [5.41, 5.74) is 0.978. The zero-order valence-electron chi connectivity index (χ0n) is 13.5. The minimum atomic E-state index is -0.101. The molecule has 1 saturated carbocycles. The molecule has 0 bridgehead atoms. The molecule has 1 spiro atoms. The Morgan fingerprint density at radius 1 is 1.39 bits per heavy atom. The third-order valence-corrected chi connectivity index (χ3v) is 5.12. The molecule has 0 radical (unpaired) electrons. The van der Waals surface area contributed by atoms with E-state index in [1.54, 1.807) is 17.3 Å². The molecule has 1 aromatic rings. The number of carbonyl (C=O) groups is 2. The van der Waals surface area contributed by atoms with Crippen LogP contribution in [0.25, 0.3) is 0 Å². The van der Waals surface area contributed by atoms with Crippen LogP contribution in [0.5, 0.6) is 0 Å². The maximum absolute atomic E-state index is 12.7. The fraction of sp³-hybridized carbons (Fsp3) is 0.588. The van der Waals surface area contributed by atoms with Crippen molar-refractivity contribution in [2.75, 3.05) is 19.6 Å². The van der Waals surface area contributed by atoms with E-state index < -0.39 is 0 Å². The summed E-state index contributed by atoms with van der Waals surface area (Å²) in [6.07, 6.45) is 6.70. The van der Waals surface area contributed by atoms with Crippen LogP contribution in [0.1, 0.15) is 31.7 Å². The van der Waals surface area contributed by atoms with Crippen LogP contribution in [-0.2, 0) is 11.3 Å². The molecule has 3 amide bonds. The number of hydrogen-bond donors (Lipinski definition) is 2. The van der Waals surface area contributed by atoms with Gasteiger partial charge >= 0.3 is 6.03 Å². The smallest absolute Gasteiger partial charge is 0.317 e. The number of rotatable bonds is 4. The van der Waals surface area contributed by atoms with Crippen molar-refractivity contribution in [2.45, 2.75) is 32.7 Å². The first-order chi connectivity index (χ1) is 11.1. The van der Waals surface area contributed by atoms with Crippen LogP contribution in [0, 0.1) is 11.3 Å². The summed E-state index contributed by atoms with van der Waals surface area (Å²) >= 11 is 0. The van der Waals surface area contributed by atoms with Crippen LogP contribution < -0.4 is 10.6 Å². The number of aromatic nitrogens is 1. The molecule has 1 aromatic heterocycles. The average Bonchev–Trinajstić information content (AvgIpc) is 2.95. The summed E-state index contributed by atoms with van der Waals surface area (Å²) in [7, 11) is 0. The highest BCUT2D eigenvalue weighted by Gasteiger charge is 2.54. The van der Waals surface area contributed by atoms with E-state index in [1.165, 1.54) is 0 Å². The number of nitrogens with one attached hydrogen (secondary N) is 2. The summed E-state index contributed by atoms with van der Waals surface area (Å²) in [4.78, 5) is 30.6. The lowest BCUT2D eigenvalue weighted by Crippen LogP contribution is -2.45. The maximum Gasteiger partial charge on any atom is 0.317 e. The summed E-state index contributed by atoms with van der Waals surface area (Å²) < 4.78 is 0. The molecule has 2 heterocycles. The Balaban J connectivity index is 1.63. The van der Waals surface area contributed by atoms with E-state index in [1.807, 2.05) is 19.1 Å². The van der Waals surface area contributed by atoms with E-state index in [0.717, 1.165) is 24.8 Å². The highest BCUT2D eigenvalue weighted by Crippen LogP contribution is 2.51. The van der Waals surface area contributed by atoms with E-state index in [9.17, 15) is 9.59 Å². The van der Waals surface area contributed by atoms with E-state index in [0.29, 0.717) is 26.2 Å². The molecular formula is C17H24N4O2. The first-order valence-corrected chi connectivity index (χ1v) is 8.34. The van der Waals surface area contributed by atoms with Gasteiger partial charge in [-0.05, 0) is 31.4 Å². The second-order valence-corrected chi connectivity index (χ2v) is 6.56. The van der Waals surface area contributed by atoms with E-state index in [4.69, 9.17) is 0 Å². The topological polar surface area (TPSA) is 74.3 Å². The van der Waals surface area contributed by atoms with Crippen LogP contribution in [-0.4, -0.2) is 41.5 Å². The molecule has 2 fully saturated rings. The predicted molar refractivity (Wildman–Crippen MR) is 86.5 cm³/mol. The van der Waals surface area contributed by atoms with Gasteiger partial charge in [0.25, 0.3) is 0 Å². The fourth-order valence-electron chi connectivity index (χ4n) is 3.70. The van der Waals surface area contributed by atoms with Crippen molar-refractivity contribution < 1.29 is 9.59 Å². The number of urea groups is 1. The molecule has 1 aliphatic heterocycles. The van der Waals surface area contributed by atoms with E-state index >= 15 is 0 Å². The Bertz CT molecular complexity index is 571. The molecule has 1 atom stereocenters. The molecule has 124 valence electrons. The molecule has 1 aliphatic carbocycles. The monoisotopic (exact) mass is 316 g/mol. The van der Waals surface area contributed by atoms with Crippen LogP contribution >= 0.6 is 0 Å². The zero-order valence-corrected chi connectivity index (χ0v) is 13.5. The van der Waals surface area contributed by atoms with E-state index in [-0.39, 0.29) is 23.3 Å². The molecule has 0 aromatic carbocycles. The quantitative estimate of drug-likeness (QED) is 0.884. The fourth-order valence-corrected chi connectivity index (χ4v) is 3.70. The molecule has 2 aliphatic rings. The van der Waals surface area contributed by atoms with Crippen LogP contribution in [0.2, 0.25) is 0 Å². The molecule has 1 saturated heterocycles. The first kappa shape index (κ1) is 15.8. The first-order valence-electron chi connectivity index (χ1n) is 8.34. The number of likely N-dealkylation sites (tertiary alicyclic amines) is 1. The second kappa shape index (κ2) is 6.56. The normalized spacial score (nSPS) is 21.8. The molecule has 2 N–H and O–H groups in total. The van der Waals surface area contributed by atoms with Gasteiger partial charge in [0, 0.05) is 44.0 Å². The number of amides is 3. The van der Waals surface area contributed by atoms with E-state index in [2.05, 4.69) is 15.6 Å². The lowest BCUT2D eigenvalue weighted by atomic mass is 9.62. The number of pyridine rings is 1. The van der Waals surface area contributed by atoms with Crippen LogP contribution in [0.4, 0.5) is 4.79 Å². The van der Waals surface area contributed by atoms with Crippen molar-refractivity contribution in [3.8, 4) is 0 Å². The highest BCUT2D eigenvalue weighted by molar-refractivity contribution is 5.82. The van der Waals surface area contributed by atoms with Gasteiger partial charge in [0.2, 0.25) is 5.91 Å². The molecule has 6 nitrogen and oxygen atoms in total. The summed E-state index contributed by atoms with van der Waals surface area (Å²) in [5, 5.41) is 5.86. The number of hydrogen-bond acceptors (Lipinski definition) is 3. The van der Waals surface area contributed by atoms with Gasteiger partial charge in [0.05, 0.1) is 5.92 Å². The predicted octanol–water partition coefficient (Wildman–Crippen LogP) is 1.53. The van der Waals surface area contributed by atoms with Gasteiger partial charge < -0.3 is 15.5 Å². The third kappa shape index (κ3) is 3.16. The Labute approximate surface area is 136 Å². The van der Waals surface area contributed by atoms with Gasteiger partial charge in [-0.3, -0.25) is 9.78 Å². The van der Waals surface area contributed by atoms with Gasteiger partial charge in [-0.25, -0.2) is 4.79 Å². The zero-order chi connectivity index (χ0) is 16.3. The van der Waals surface area contributed by atoms with Crippen molar-refractivity contribution in [3.05, 3.63) is 30.1 Å². The highest BCUT2D eigenvalue weighted by atomic mass is 16.2. The minimum Gasteiger partial charge on any atom is -0.352 e. The molecule has 6 heteroatoms. The van der Waals surface area contributed by atoms with Gasteiger partial charge in [0.1, 0.15) is 0 Å². The lowest BCUT2D eigenvalue weighted by molar-refractivity contribution is -0.129. The Hall–Kier alpha value is -2.11. The minimum absolute atomic E-state index is 0.00982. The molecule has 23 heavy (non-hydrogen) atoms. The largest absolute Gasteiger partial charge is 0.352 e. The number of carbonyl (C=O) groups excluding carboxylic acids is 2. The van der Waals surface area contributed by atoms with Gasteiger partial charge in [-0.2, -0.15) is 0 Å². The van der Waals surface area contributed by atoms with Crippen molar-refractivity contribution in [1.82, 2.24) is 20.5 Å². The molecule has 3 rings (SSSR count). The number of nitrogens with zero attached hydrogens (tertiary/aromatic N) is 2. The summed E-state index contributed by atoms with van der Waals surface area (Å²) in [6, 6.07) is 3.75. The second-order valence-electron chi connectivity index (χ2n) is 6.56. The SMILES string of the molecule is CCNC(=O)N1CC(C(=O)NCc2cccnc2)C2(CCC2)C1. The standard InChI is InChI=1S/C17H24N4O2/c1-2-19-16(23)21-11-14(17(12-21)6-4-7-17)15(22)20-10-13-5-3-8-18-9-13/h3,5,8-9,14H,2,4,6-7,10-12H2,1H3,(H,19,23)(H,20,22).